The van der Waals surface area contributed by atoms with Crippen molar-refractivity contribution >= 4 is 38.7 Å². The maximum atomic E-state index is 12.6. The number of benzene rings is 2. The summed E-state index contributed by atoms with van der Waals surface area (Å²) in [7, 11) is -3.79. The highest BCUT2D eigenvalue weighted by atomic mass is 35.5. The molecule has 0 saturated carbocycles. The summed E-state index contributed by atoms with van der Waals surface area (Å²) >= 11 is 7.46. The van der Waals surface area contributed by atoms with E-state index in [0.29, 0.717) is 21.9 Å². The highest BCUT2D eigenvalue weighted by Crippen LogP contribution is 2.43. The van der Waals surface area contributed by atoms with Crippen LogP contribution >= 0.6 is 22.9 Å². The summed E-state index contributed by atoms with van der Waals surface area (Å²) in [6, 6.07) is 12.5. The van der Waals surface area contributed by atoms with Crippen LogP contribution in [0.25, 0.3) is 21.6 Å². The Balaban J connectivity index is 2.24. The van der Waals surface area contributed by atoms with Crippen LogP contribution in [0, 0.1) is 13.8 Å². The first-order chi connectivity index (χ1) is 13.1. The van der Waals surface area contributed by atoms with Crippen LogP contribution in [0.1, 0.15) is 34.1 Å². The lowest BCUT2D eigenvalue weighted by molar-refractivity contribution is 0.0992. The van der Waals surface area contributed by atoms with Crippen molar-refractivity contribution in [3.05, 3.63) is 63.5 Å². The number of sulfonamides is 1. The zero-order valence-electron chi connectivity index (χ0n) is 15.7. The number of primary sulfonamides is 1. The average molecular weight is 434 g/mol. The standard InChI is InChI=1S/C21H20ClNO3S2/c1-4-17(24)21-19(15-7-10-18(12(2)11-15)28(23,25)26)13(3)20(27-21)14-5-8-16(22)9-6-14/h5-11H,4H2,1-3H3,(H2,23,25,26). The zero-order valence-corrected chi connectivity index (χ0v) is 18.1. The van der Waals surface area contributed by atoms with Gasteiger partial charge < -0.3 is 0 Å². The molecule has 2 N–H and O–H groups in total. The van der Waals surface area contributed by atoms with E-state index in [0.717, 1.165) is 27.1 Å². The van der Waals surface area contributed by atoms with E-state index in [1.807, 2.05) is 38.1 Å². The molecule has 146 valence electrons. The van der Waals surface area contributed by atoms with E-state index >= 15 is 0 Å². The number of carbonyl (C=O) groups excluding carboxylic acids is 1. The third kappa shape index (κ3) is 3.91. The van der Waals surface area contributed by atoms with Gasteiger partial charge in [0.1, 0.15) is 0 Å². The van der Waals surface area contributed by atoms with Gasteiger partial charge in [0.05, 0.1) is 9.77 Å². The van der Waals surface area contributed by atoms with Crippen LogP contribution in [0.3, 0.4) is 0 Å². The van der Waals surface area contributed by atoms with Crippen LogP contribution in [0.4, 0.5) is 0 Å². The van der Waals surface area contributed by atoms with Crippen molar-refractivity contribution in [2.24, 2.45) is 5.14 Å². The van der Waals surface area contributed by atoms with Gasteiger partial charge in [0.2, 0.25) is 10.0 Å². The summed E-state index contributed by atoms with van der Waals surface area (Å²) in [4.78, 5) is 14.4. The summed E-state index contributed by atoms with van der Waals surface area (Å²) < 4.78 is 23.4. The molecule has 0 spiro atoms. The Bertz CT molecular complexity index is 1160. The van der Waals surface area contributed by atoms with Crippen LogP contribution < -0.4 is 5.14 Å². The molecule has 0 atom stereocenters. The van der Waals surface area contributed by atoms with E-state index in [9.17, 15) is 13.2 Å². The largest absolute Gasteiger partial charge is 0.293 e. The fourth-order valence-electron chi connectivity index (χ4n) is 3.22. The first kappa shape index (κ1) is 20.7. The average Bonchev–Trinajstić information content (AvgIpc) is 2.98. The quantitative estimate of drug-likeness (QED) is 0.532. The van der Waals surface area contributed by atoms with Gasteiger partial charge >= 0.3 is 0 Å². The predicted molar refractivity (Wildman–Crippen MR) is 116 cm³/mol. The minimum absolute atomic E-state index is 0.0523. The number of aryl methyl sites for hydroxylation is 1. The molecule has 7 heteroatoms. The molecule has 0 saturated heterocycles. The smallest absolute Gasteiger partial charge is 0.238 e. The monoisotopic (exact) mass is 433 g/mol. The highest BCUT2D eigenvalue weighted by molar-refractivity contribution is 7.89. The number of hydrogen-bond donors (Lipinski definition) is 1. The fraction of sp³-hybridized carbons (Fsp3) is 0.190. The van der Waals surface area contributed by atoms with Gasteiger partial charge in [0.15, 0.2) is 5.78 Å². The second-order valence-corrected chi connectivity index (χ2v) is 9.56. The summed E-state index contributed by atoms with van der Waals surface area (Å²) in [5.74, 6) is 0.0523. The van der Waals surface area contributed by atoms with E-state index in [1.165, 1.54) is 17.4 Å². The molecule has 3 rings (SSSR count). The second-order valence-electron chi connectivity index (χ2n) is 6.57. The zero-order chi connectivity index (χ0) is 20.6. The lowest BCUT2D eigenvalue weighted by atomic mass is 9.96. The van der Waals surface area contributed by atoms with E-state index in [2.05, 4.69) is 0 Å². The molecule has 0 aliphatic rings. The molecule has 2 aromatic carbocycles. The second kappa shape index (κ2) is 7.79. The minimum atomic E-state index is -3.79. The van der Waals surface area contributed by atoms with Crippen LogP contribution in [0.2, 0.25) is 5.02 Å². The molecule has 0 aliphatic heterocycles. The maximum absolute atomic E-state index is 12.6. The summed E-state index contributed by atoms with van der Waals surface area (Å²) in [6.07, 6.45) is 0.390. The normalized spacial score (nSPS) is 11.6. The topological polar surface area (TPSA) is 77.2 Å². The number of carbonyl (C=O) groups is 1. The number of rotatable bonds is 5. The highest BCUT2D eigenvalue weighted by Gasteiger charge is 2.22. The van der Waals surface area contributed by atoms with Crippen molar-refractivity contribution in [1.29, 1.82) is 0 Å². The SMILES string of the molecule is CCC(=O)c1sc(-c2ccc(Cl)cc2)c(C)c1-c1ccc(S(N)(=O)=O)c(C)c1. The Labute approximate surface area is 174 Å². The molecule has 1 aromatic heterocycles. The molecule has 3 aromatic rings. The van der Waals surface area contributed by atoms with Gasteiger partial charge in [-0.25, -0.2) is 13.6 Å². The number of thiophene rings is 1. The van der Waals surface area contributed by atoms with Crippen LogP contribution in [-0.2, 0) is 10.0 Å². The van der Waals surface area contributed by atoms with Gasteiger partial charge in [-0.15, -0.1) is 11.3 Å². The van der Waals surface area contributed by atoms with Gasteiger partial charge in [-0.3, -0.25) is 4.79 Å². The molecule has 0 unspecified atom stereocenters. The van der Waals surface area contributed by atoms with E-state index in [1.54, 1.807) is 19.1 Å². The van der Waals surface area contributed by atoms with Crippen molar-refractivity contribution < 1.29 is 13.2 Å². The minimum Gasteiger partial charge on any atom is -0.293 e. The van der Waals surface area contributed by atoms with Gasteiger partial charge in [-0.2, -0.15) is 0 Å². The van der Waals surface area contributed by atoms with E-state index in [-0.39, 0.29) is 10.7 Å². The molecule has 0 radical (unpaired) electrons. The van der Waals surface area contributed by atoms with Crippen LogP contribution in [-0.4, -0.2) is 14.2 Å². The third-order valence-electron chi connectivity index (χ3n) is 4.60. The lowest BCUT2D eigenvalue weighted by Gasteiger charge is -2.09. The summed E-state index contributed by atoms with van der Waals surface area (Å²) in [6.45, 7) is 5.51. The van der Waals surface area contributed by atoms with Crippen molar-refractivity contribution in [1.82, 2.24) is 0 Å². The Kier molecular flexibility index (Phi) is 5.77. The lowest BCUT2D eigenvalue weighted by Crippen LogP contribution is -2.13. The van der Waals surface area contributed by atoms with Gasteiger partial charge in [-0.1, -0.05) is 42.8 Å². The van der Waals surface area contributed by atoms with Crippen molar-refractivity contribution in [3.63, 3.8) is 0 Å². The number of hydrogen-bond acceptors (Lipinski definition) is 4. The molecular formula is C21H20ClNO3S2. The summed E-state index contributed by atoms with van der Waals surface area (Å²) in [5, 5.41) is 5.93. The van der Waals surface area contributed by atoms with E-state index < -0.39 is 10.0 Å². The fourth-order valence-corrected chi connectivity index (χ4v) is 5.45. The van der Waals surface area contributed by atoms with Crippen LogP contribution in [0.5, 0.6) is 0 Å². The molecule has 0 aliphatic carbocycles. The van der Waals surface area contributed by atoms with E-state index in [4.69, 9.17) is 16.7 Å². The van der Waals surface area contributed by atoms with Crippen LogP contribution in [0.15, 0.2) is 47.4 Å². The van der Waals surface area contributed by atoms with Gasteiger partial charge in [0.25, 0.3) is 0 Å². The Hall–Kier alpha value is -1.99. The number of ketones is 1. The van der Waals surface area contributed by atoms with Crippen molar-refractivity contribution in [2.45, 2.75) is 32.1 Å². The third-order valence-corrected chi connectivity index (χ3v) is 7.30. The molecular weight excluding hydrogens is 414 g/mol. The number of nitrogens with two attached hydrogens (primary N) is 1. The summed E-state index contributed by atoms with van der Waals surface area (Å²) in [5.41, 5.74) is 4.16. The molecule has 0 amide bonds. The predicted octanol–water partition coefficient (Wildman–Crippen LogP) is 5.59. The molecule has 28 heavy (non-hydrogen) atoms. The number of Topliss-reactive ketones (excluding diaryl/α,β-unsaturated/α-hetero) is 1. The molecule has 0 fully saturated rings. The molecule has 1 heterocycles. The number of halogens is 1. The first-order valence-electron chi connectivity index (χ1n) is 8.69. The Morgan fingerprint density at radius 3 is 2.21 bits per heavy atom. The van der Waals surface area contributed by atoms with Crippen molar-refractivity contribution in [2.75, 3.05) is 0 Å². The van der Waals surface area contributed by atoms with Gasteiger partial charge in [0, 0.05) is 21.9 Å². The Morgan fingerprint density at radius 1 is 1.07 bits per heavy atom. The molecule has 4 nitrogen and oxygen atoms in total. The first-order valence-corrected chi connectivity index (χ1v) is 11.4. The van der Waals surface area contributed by atoms with Gasteiger partial charge in [-0.05, 0) is 54.3 Å². The maximum Gasteiger partial charge on any atom is 0.238 e. The Morgan fingerprint density at radius 2 is 1.68 bits per heavy atom. The molecule has 0 bridgehead atoms. The van der Waals surface area contributed by atoms with Crippen molar-refractivity contribution in [3.8, 4) is 21.6 Å².